The van der Waals surface area contributed by atoms with Gasteiger partial charge in [0.25, 0.3) is 0 Å². The average molecular weight is 300 g/mol. The first-order valence-corrected chi connectivity index (χ1v) is 8.13. The summed E-state index contributed by atoms with van der Waals surface area (Å²) in [7, 11) is -0.470. The summed E-state index contributed by atoms with van der Waals surface area (Å²) in [5.41, 5.74) is 0.919. The number of sulfonamides is 1. The Morgan fingerprint density at radius 1 is 1.35 bits per heavy atom. The van der Waals surface area contributed by atoms with Gasteiger partial charge in [0.1, 0.15) is 10.6 Å². The van der Waals surface area contributed by atoms with Crippen LogP contribution in [-0.4, -0.2) is 39.5 Å². The molecule has 0 fully saturated rings. The van der Waals surface area contributed by atoms with Crippen LogP contribution in [0.5, 0.6) is 5.75 Å². The molecule has 0 spiro atoms. The Morgan fingerprint density at radius 2 is 2.00 bits per heavy atom. The highest BCUT2D eigenvalue weighted by atomic mass is 32.2. The Labute approximate surface area is 122 Å². The lowest BCUT2D eigenvalue weighted by atomic mass is 10.2. The third-order valence-electron chi connectivity index (χ3n) is 3.08. The van der Waals surface area contributed by atoms with Crippen LogP contribution in [0.4, 0.5) is 0 Å². The third-order valence-corrected chi connectivity index (χ3v) is 5.03. The molecule has 1 aromatic rings. The highest BCUT2D eigenvalue weighted by Gasteiger charge is 2.24. The van der Waals surface area contributed by atoms with Gasteiger partial charge in [0, 0.05) is 26.2 Å². The first-order valence-electron chi connectivity index (χ1n) is 6.69. The van der Waals surface area contributed by atoms with Crippen LogP contribution in [0.1, 0.15) is 26.3 Å². The molecule has 0 radical (unpaired) electrons. The zero-order chi connectivity index (χ0) is 15.3. The molecule has 20 heavy (non-hydrogen) atoms. The molecule has 0 saturated heterocycles. The highest BCUT2D eigenvalue weighted by molar-refractivity contribution is 7.89. The zero-order valence-electron chi connectivity index (χ0n) is 12.8. The van der Waals surface area contributed by atoms with Crippen LogP contribution in [-0.2, 0) is 16.6 Å². The van der Waals surface area contributed by atoms with Gasteiger partial charge in [-0.25, -0.2) is 12.7 Å². The molecule has 0 atom stereocenters. The molecule has 6 heteroatoms. The van der Waals surface area contributed by atoms with Gasteiger partial charge in [-0.15, -0.1) is 0 Å². The molecule has 0 heterocycles. The van der Waals surface area contributed by atoms with Gasteiger partial charge in [-0.1, -0.05) is 26.8 Å². The van der Waals surface area contributed by atoms with Crippen molar-refractivity contribution < 1.29 is 13.2 Å². The number of methoxy groups -OCH3 is 1. The van der Waals surface area contributed by atoms with Crippen LogP contribution in [0.25, 0.3) is 0 Å². The fraction of sp³-hybridized carbons (Fsp3) is 0.571. The maximum Gasteiger partial charge on any atom is 0.246 e. The first kappa shape index (κ1) is 16.9. The zero-order valence-corrected chi connectivity index (χ0v) is 13.6. The molecule has 0 aliphatic rings. The molecule has 1 aromatic carbocycles. The summed E-state index contributed by atoms with van der Waals surface area (Å²) < 4.78 is 31.4. The van der Waals surface area contributed by atoms with E-state index in [4.69, 9.17) is 4.74 Å². The molecular weight excluding hydrogens is 276 g/mol. The van der Waals surface area contributed by atoms with Gasteiger partial charge in [0.05, 0.1) is 7.11 Å². The lowest BCUT2D eigenvalue weighted by Gasteiger charge is -2.18. The Balaban J connectivity index is 3.19. The summed E-state index contributed by atoms with van der Waals surface area (Å²) in [5.74, 6) is 0.374. The second-order valence-corrected chi connectivity index (χ2v) is 6.95. The number of rotatable bonds is 7. The van der Waals surface area contributed by atoms with Gasteiger partial charge in [0.15, 0.2) is 0 Å². The van der Waals surface area contributed by atoms with Crippen LogP contribution >= 0.6 is 0 Å². The van der Waals surface area contributed by atoms with Crippen molar-refractivity contribution in [2.75, 3.05) is 20.7 Å². The van der Waals surface area contributed by atoms with Gasteiger partial charge < -0.3 is 10.1 Å². The normalized spacial score (nSPS) is 12.2. The monoisotopic (exact) mass is 300 g/mol. The minimum absolute atomic E-state index is 0.215. The molecule has 5 nitrogen and oxygen atoms in total. The SMILES string of the molecule is CCN(C)S(=O)(=O)c1cc(CNC(C)C)ccc1OC. The van der Waals surface area contributed by atoms with E-state index in [9.17, 15) is 8.42 Å². The Bertz CT molecular complexity index is 541. The van der Waals surface area contributed by atoms with Crippen molar-refractivity contribution >= 4 is 10.0 Å². The maximum absolute atomic E-state index is 12.5. The minimum Gasteiger partial charge on any atom is -0.495 e. The molecule has 1 rings (SSSR count). The third kappa shape index (κ3) is 3.94. The lowest BCUT2D eigenvalue weighted by molar-refractivity contribution is 0.398. The highest BCUT2D eigenvalue weighted by Crippen LogP contribution is 2.27. The molecule has 0 amide bonds. The molecule has 114 valence electrons. The molecule has 0 aliphatic carbocycles. The number of nitrogens with one attached hydrogen (secondary N) is 1. The van der Waals surface area contributed by atoms with Gasteiger partial charge in [0.2, 0.25) is 10.0 Å². The summed E-state index contributed by atoms with van der Waals surface area (Å²) in [5, 5.41) is 3.27. The molecule has 0 unspecified atom stereocenters. The van der Waals surface area contributed by atoms with Crippen LogP contribution in [0.3, 0.4) is 0 Å². The number of hydrogen-bond acceptors (Lipinski definition) is 4. The van der Waals surface area contributed by atoms with E-state index in [1.54, 1.807) is 26.1 Å². The molecule has 0 aliphatic heterocycles. The Kier molecular flexibility index (Phi) is 5.98. The van der Waals surface area contributed by atoms with Crippen molar-refractivity contribution in [3.05, 3.63) is 23.8 Å². The second kappa shape index (κ2) is 7.06. The minimum atomic E-state index is -3.51. The summed E-state index contributed by atoms with van der Waals surface area (Å²) in [4.78, 5) is 0.215. The quantitative estimate of drug-likeness (QED) is 0.834. The predicted molar refractivity (Wildman–Crippen MR) is 80.5 cm³/mol. The van der Waals surface area contributed by atoms with E-state index in [2.05, 4.69) is 5.32 Å². The second-order valence-electron chi connectivity index (χ2n) is 4.94. The van der Waals surface area contributed by atoms with Crippen molar-refractivity contribution in [1.29, 1.82) is 0 Å². The standard InChI is InChI=1S/C14H24N2O3S/c1-6-16(4)20(17,18)14-9-12(10-15-11(2)3)7-8-13(14)19-5/h7-9,11,15H,6,10H2,1-5H3. The van der Waals surface area contributed by atoms with Gasteiger partial charge in [-0.2, -0.15) is 0 Å². The van der Waals surface area contributed by atoms with Crippen molar-refractivity contribution in [2.24, 2.45) is 0 Å². The van der Waals surface area contributed by atoms with Crippen LogP contribution in [0.15, 0.2) is 23.1 Å². The summed E-state index contributed by atoms with van der Waals surface area (Å²) in [6.45, 7) is 6.94. The summed E-state index contributed by atoms with van der Waals surface area (Å²) >= 11 is 0. The number of hydrogen-bond donors (Lipinski definition) is 1. The van der Waals surface area contributed by atoms with E-state index in [1.165, 1.54) is 11.4 Å². The van der Waals surface area contributed by atoms with Gasteiger partial charge >= 0.3 is 0 Å². The fourth-order valence-electron chi connectivity index (χ4n) is 1.69. The van der Waals surface area contributed by atoms with E-state index in [1.807, 2.05) is 19.9 Å². The number of nitrogens with zero attached hydrogens (tertiary/aromatic N) is 1. The predicted octanol–water partition coefficient (Wildman–Crippen LogP) is 1.83. The molecule has 0 saturated carbocycles. The van der Waals surface area contributed by atoms with Crippen molar-refractivity contribution in [1.82, 2.24) is 9.62 Å². The van der Waals surface area contributed by atoms with Gasteiger partial charge in [-0.3, -0.25) is 0 Å². The van der Waals surface area contributed by atoms with Crippen molar-refractivity contribution in [2.45, 2.75) is 38.3 Å². The van der Waals surface area contributed by atoms with E-state index < -0.39 is 10.0 Å². The smallest absolute Gasteiger partial charge is 0.246 e. The largest absolute Gasteiger partial charge is 0.495 e. The van der Waals surface area contributed by atoms with Crippen molar-refractivity contribution in [3.63, 3.8) is 0 Å². The topological polar surface area (TPSA) is 58.6 Å². The van der Waals surface area contributed by atoms with Crippen molar-refractivity contribution in [3.8, 4) is 5.75 Å². The molecular formula is C14H24N2O3S. The number of benzene rings is 1. The lowest BCUT2D eigenvalue weighted by Crippen LogP contribution is -2.27. The van der Waals surface area contributed by atoms with Crippen LogP contribution in [0, 0.1) is 0 Å². The Morgan fingerprint density at radius 3 is 2.50 bits per heavy atom. The summed E-state index contributed by atoms with van der Waals surface area (Å²) in [6, 6.07) is 5.60. The first-order chi connectivity index (χ1) is 9.32. The molecule has 1 N–H and O–H groups in total. The Hall–Kier alpha value is -1.11. The van der Waals surface area contributed by atoms with Crippen LogP contribution in [0.2, 0.25) is 0 Å². The van der Waals surface area contributed by atoms with E-state index in [0.717, 1.165) is 5.56 Å². The fourth-order valence-corrected chi connectivity index (χ4v) is 3.07. The van der Waals surface area contributed by atoms with E-state index in [-0.39, 0.29) is 4.90 Å². The number of ether oxygens (including phenoxy) is 1. The molecule has 0 bridgehead atoms. The molecule has 0 aromatic heterocycles. The average Bonchev–Trinajstić information content (AvgIpc) is 2.43. The maximum atomic E-state index is 12.5. The summed E-state index contributed by atoms with van der Waals surface area (Å²) in [6.07, 6.45) is 0. The van der Waals surface area contributed by atoms with E-state index >= 15 is 0 Å². The van der Waals surface area contributed by atoms with E-state index in [0.29, 0.717) is 24.9 Å². The van der Waals surface area contributed by atoms with Gasteiger partial charge in [-0.05, 0) is 17.7 Å². The van der Waals surface area contributed by atoms with Crippen LogP contribution < -0.4 is 10.1 Å².